The van der Waals surface area contributed by atoms with E-state index in [0.717, 1.165) is 16.9 Å². The standard InChI is InChI=1S/C27H27NO6/c1-30-20-26(27(29)31-2)25-14-7-6-10-22(25)19-33-24-13-8-9-21(17-24)18-28-34-16-15-32-23-11-4-3-5-12-23/h3-14,17-18,20H,15-16,19H2,1-2H3/b26-20-,28-18+. The molecule has 7 heteroatoms. The van der Waals surface area contributed by atoms with Crippen LogP contribution in [0.1, 0.15) is 16.7 Å². The van der Waals surface area contributed by atoms with Crippen LogP contribution in [-0.4, -0.2) is 39.6 Å². The molecule has 0 bridgehead atoms. The first kappa shape index (κ1) is 24.4. The highest BCUT2D eigenvalue weighted by Gasteiger charge is 2.16. The summed E-state index contributed by atoms with van der Waals surface area (Å²) in [5.41, 5.74) is 2.64. The molecule has 0 saturated heterocycles. The minimum absolute atomic E-state index is 0.252. The molecule has 7 nitrogen and oxygen atoms in total. The number of carbonyl (C=O) groups excluding carboxylic acids is 1. The Bertz CT molecular complexity index is 1110. The van der Waals surface area contributed by atoms with Crippen molar-refractivity contribution >= 4 is 17.8 Å². The average Bonchev–Trinajstić information content (AvgIpc) is 2.89. The summed E-state index contributed by atoms with van der Waals surface area (Å²) in [5, 5.41) is 3.99. The first-order valence-electron chi connectivity index (χ1n) is 10.7. The van der Waals surface area contributed by atoms with Crippen molar-refractivity contribution in [2.75, 3.05) is 27.4 Å². The maximum absolute atomic E-state index is 12.2. The molecule has 0 aliphatic carbocycles. The summed E-state index contributed by atoms with van der Waals surface area (Å²) in [6.07, 6.45) is 2.98. The van der Waals surface area contributed by atoms with Crippen molar-refractivity contribution in [3.8, 4) is 11.5 Å². The molecule has 3 aromatic rings. The third-order valence-corrected chi connectivity index (χ3v) is 4.66. The van der Waals surface area contributed by atoms with Crippen molar-refractivity contribution in [2.45, 2.75) is 6.61 Å². The number of methoxy groups -OCH3 is 2. The second kappa shape index (κ2) is 13.3. The molecule has 3 rings (SSSR count). The van der Waals surface area contributed by atoms with Gasteiger partial charge in [-0.1, -0.05) is 59.8 Å². The number of benzene rings is 3. The van der Waals surface area contributed by atoms with Gasteiger partial charge in [0.15, 0.2) is 6.61 Å². The van der Waals surface area contributed by atoms with Crippen molar-refractivity contribution in [1.82, 2.24) is 0 Å². The predicted octanol–water partition coefficient (Wildman–Crippen LogP) is 4.86. The number of rotatable bonds is 12. The van der Waals surface area contributed by atoms with Crippen molar-refractivity contribution in [3.63, 3.8) is 0 Å². The van der Waals surface area contributed by atoms with E-state index in [1.54, 1.807) is 6.21 Å². The number of para-hydroxylation sites is 1. The van der Waals surface area contributed by atoms with Gasteiger partial charge in [-0.05, 0) is 41.0 Å². The summed E-state index contributed by atoms with van der Waals surface area (Å²) in [6, 6.07) is 24.4. The molecule has 3 aromatic carbocycles. The summed E-state index contributed by atoms with van der Waals surface area (Å²) < 4.78 is 21.5. The summed E-state index contributed by atoms with van der Waals surface area (Å²) in [7, 11) is 2.81. The minimum atomic E-state index is -0.485. The van der Waals surface area contributed by atoms with Crippen molar-refractivity contribution < 1.29 is 28.6 Å². The van der Waals surface area contributed by atoms with Gasteiger partial charge in [-0.25, -0.2) is 4.79 Å². The molecule has 0 amide bonds. The first-order valence-corrected chi connectivity index (χ1v) is 10.7. The van der Waals surface area contributed by atoms with Crippen molar-refractivity contribution in [1.29, 1.82) is 0 Å². The molecule has 0 saturated carbocycles. The monoisotopic (exact) mass is 461 g/mol. The molecule has 0 fully saturated rings. The lowest BCUT2D eigenvalue weighted by molar-refractivity contribution is -0.133. The van der Waals surface area contributed by atoms with Gasteiger partial charge in [0.25, 0.3) is 0 Å². The van der Waals surface area contributed by atoms with Gasteiger partial charge >= 0.3 is 5.97 Å². The van der Waals surface area contributed by atoms with Gasteiger partial charge in [0.2, 0.25) is 0 Å². The average molecular weight is 462 g/mol. The van der Waals surface area contributed by atoms with Crippen molar-refractivity contribution in [2.24, 2.45) is 5.16 Å². The summed E-state index contributed by atoms with van der Waals surface area (Å²) in [4.78, 5) is 17.4. The van der Waals surface area contributed by atoms with Gasteiger partial charge in [0, 0.05) is 0 Å². The zero-order valence-corrected chi connectivity index (χ0v) is 19.2. The Kier molecular flexibility index (Phi) is 9.56. The highest BCUT2D eigenvalue weighted by atomic mass is 16.6. The number of hydrogen-bond donors (Lipinski definition) is 0. The molecule has 0 aromatic heterocycles. The SMILES string of the molecule is CO/C=C(\C(=O)OC)c1ccccc1COc1cccc(/C=N/OCCOc2ccccc2)c1. The van der Waals surface area contributed by atoms with Crippen LogP contribution in [0.3, 0.4) is 0 Å². The highest BCUT2D eigenvalue weighted by Crippen LogP contribution is 2.23. The van der Waals surface area contributed by atoms with Gasteiger partial charge in [0.1, 0.15) is 30.3 Å². The molecule has 0 radical (unpaired) electrons. The topological polar surface area (TPSA) is 75.6 Å². The van der Waals surface area contributed by atoms with Crippen LogP contribution in [0, 0.1) is 0 Å². The highest BCUT2D eigenvalue weighted by molar-refractivity contribution is 6.16. The molecule has 0 N–H and O–H groups in total. The van der Waals surface area contributed by atoms with Crippen LogP contribution < -0.4 is 9.47 Å². The summed E-state index contributed by atoms with van der Waals surface area (Å²) >= 11 is 0. The zero-order chi connectivity index (χ0) is 24.0. The zero-order valence-electron chi connectivity index (χ0n) is 19.2. The Morgan fingerprint density at radius 2 is 1.62 bits per heavy atom. The fourth-order valence-electron chi connectivity index (χ4n) is 3.07. The lowest BCUT2D eigenvalue weighted by atomic mass is 10.0. The van der Waals surface area contributed by atoms with Crippen LogP contribution in [0.5, 0.6) is 11.5 Å². The number of nitrogens with zero attached hydrogens (tertiary/aromatic N) is 1. The van der Waals surface area contributed by atoms with Gasteiger partial charge in [-0.15, -0.1) is 0 Å². The molecule has 0 atom stereocenters. The van der Waals surface area contributed by atoms with Gasteiger partial charge < -0.3 is 23.8 Å². The Morgan fingerprint density at radius 3 is 2.41 bits per heavy atom. The normalized spacial score (nSPS) is 11.2. The number of oxime groups is 1. The molecular formula is C27H27NO6. The first-order chi connectivity index (χ1) is 16.7. The van der Waals surface area contributed by atoms with Gasteiger partial charge in [0.05, 0.1) is 26.7 Å². The Balaban J connectivity index is 1.55. The number of carbonyl (C=O) groups is 1. The van der Waals surface area contributed by atoms with Crippen molar-refractivity contribution in [3.05, 3.63) is 102 Å². The molecule has 0 aliphatic heterocycles. The maximum Gasteiger partial charge on any atom is 0.341 e. The lowest BCUT2D eigenvalue weighted by Gasteiger charge is -2.13. The Labute approximate surface area is 199 Å². The summed E-state index contributed by atoms with van der Waals surface area (Å²) in [6.45, 7) is 0.979. The molecule has 0 aliphatic rings. The third kappa shape index (κ3) is 7.41. The van der Waals surface area contributed by atoms with E-state index in [0.29, 0.717) is 30.1 Å². The second-order valence-electron chi connectivity index (χ2n) is 7.01. The van der Waals surface area contributed by atoms with E-state index in [4.69, 9.17) is 23.8 Å². The quantitative estimate of drug-likeness (QED) is 0.0958. The van der Waals surface area contributed by atoms with E-state index in [1.165, 1.54) is 20.5 Å². The van der Waals surface area contributed by atoms with Gasteiger partial charge in [-0.2, -0.15) is 0 Å². The maximum atomic E-state index is 12.2. The molecule has 0 unspecified atom stereocenters. The molecule has 0 spiro atoms. The smallest absolute Gasteiger partial charge is 0.341 e. The number of esters is 1. The molecule has 34 heavy (non-hydrogen) atoms. The summed E-state index contributed by atoms with van der Waals surface area (Å²) in [5.74, 6) is 0.959. The van der Waals surface area contributed by atoms with E-state index >= 15 is 0 Å². The minimum Gasteiger partial charge on any atom is -0.503 e. The van der Waals surface area contributed by atoms with E-state index in [-0.39, 0.29) is 6.61 Å². The number of hydrogen-bond acceptors (Lipinski definition) is 7. The fraction of sp³-hybridized carbons (Fsp3) is 0.185. The second-order valence-corrected chi connectivity index (χ2v) is 7.01. The van der Waals surface area contributed by atoms with Crippen LogP contribution in [0.25, 0.3) is 5.57 Å². The molecule has 176 valence electrons. The molecule has 0 heterocycles. The Hall–Kier alpha value is -4.26. The lowest BCUT2D eigenvalue weighted by Crippen LogP contribution is -2.08. The van der Waals surface area contributed by atoms with Crippen LogP contribution in [0.15, 0.2) is 90.3 Å². The van der Waals surface area contributed by atoms with Gasteiger partial charge in [-0.3, -0.25) is 0 Å². The Morgan fingerprint density at radius 1 is 0.853 bits per heavy atom. The van der Waals surface area contributed by atoms with Crippen LogP contribution >= 0.6 is 0 Å². The molecular weight excluding hydrogens is 434 g/mol. The predicted molar refractivity (Wildman–Crippen MR) is 130 cm³/mol. The number of ether oxygens (including phenoxy) is 4. The largest absolute Gasteiger partial charge is 0.503 e. The van der Waals surface area contributed by atoms with E-state index in [1.807, 2.05) is 78.9 Å². The van der Waals surface area contributed by atoms with E-state index in [2.05, 4.69) is 5.16 Å². The van der Waals surface area contributed by atoms with Crippen LogP contribution in [-0.2, 0) is 25.7 Å². The van der Waals surface area contributed by atoms with Crippen LogP contribution in [0.2, 0.25) is 0 Å². The fourth-order valence-corrected chi connectivity index (χ4v) is 3.07. The van der Waals surface area contributed by atoms with E-state index < -0.39 is 5.97 Å². The van der Waals surface area contributed by atoms with E-state index in [9.17, 15) is 4.79 Å². The van der Waals surface area contributed by atoms with Crippen LogP contribution in [0.4, 0.5) is 0 Å². The third-order valence-electron chi connectivity index (χ3n) is 4.66.